The van der Waals surface area contributed by atoms with Crippen LogP contribution in [0.3, 0.4) is 0 Å². The van der Waals surface area contributed by atoms with Crippen LogP contribution in [0.4, 0.5) is 0 Å². The van der Waals surface area contributed by atoms with E-state index in [2.05, 4.69) is 73.6 Å². The average Bonchev–Trinajstić information content (AvgIpc) is 2.76. The Bertz CT molecular complexity index is 446. The molecule has 2 rings (SSSR count). The van der Waals surface area contributed by atoms with Gasteiger partial charge in [-0.2, -0.15) is 0 Å². The van der Waals surface area contributed by atoms with Crippen LogP contribution in [-0.4, -0.2) is 18.0 Å². The molecule has 0 unspecified atom stereocenters. The van der Waals surface area contributed by atoms with Gasteiger partial charge in [-0.25, -0.2) is 0 Å². The predicted octanol–water partition coefficient (Wildman–Crippen LogP) is 5.10. The summed E-state index contributed by atoms with van der Waals surface area (Å²) >= 11 is 0. The van der Waals surface area contributed by atoms with E-state index >= 15 is 0 Å². The van der Waals surface area contributed by atoms with Crippen LogP contribution in [0.1, 0.15) is 61.8 Å². The molecule has 0 saturated carbocycles. The molecule has 1 fully saturated rings. The van der Waals surface area contributed by atoms with E-state index in [-0.39, 0.29) is 23.0 Å². The summed E-state index contributed by atoms with van der Waals surface area (Å²) in [6, 6.07) is 0. The molecule has 3 atom stereocenters. The summed E-state index contributed by atoms with van der Waals surface area (Å²) in [6.07, 6.45) is 8.48. The van der Waals surface area contributed by atoms with Gasteiger partial charge in [-0.3, -0.25) is 0 Å². The van der Waals surface area contributed by atoms with E-state index in [4.69, 9.17) is 9.47 Å². The predicted molar refractivity (Wildman–Crippen MR) is 88.1 cm³/mol. The smallest absolute Gasteiger partial charge is 0.174 e. The van der Waals surface area contributed by atoms with E-state index in [0.29, 0.717) is 5.92 Å². The molecule has 2 nitrogen and oxygen atoms in total. The highest BCUT2D eigenvalue weighted by atomic mass is 16.8. The number of rotatable bonds is 3. The number of hydrogen-bond acceptors (Lipinski definition) is 2. The molecule has 21 heavy (non-hydrogen) atoms. The summed E-state index contributed by atoms with van der Waals surface area (Å²) in [5, 5.41) is 0. The number of ether oxygens (including phenoxy) is 2. The molecule has 0 aromatic rings. The maximum absolute atomic E-state index is 6.13. The second-order valence-corrected chi connectivity index (χ2v) is 8.12. The van der Waals surface area contributed by atoms with E-state index in [0.717, 1.165) is 6.42 Å². The van der Waals surface area contributed by atoms with Crippen molar-refractivity contribution in [1.29, 1.82) is 0 Å². The van der Waals surface area contributed by atoms with Gasteiger partial charge in [0.25, 0.3) is 0 Å². The monoisotopic (exact) mass is 292 g/mol. The zero-order chi connectivity index (χ0) is 16.1. The Balaban J connectivity index is 2.13. The van der Waals surface area contributed by atoms with Crippen molar-refractivity contribution in [2.75, 3.05) is 0 Å². The zero-order valence-electron chi connectivity index (χ0n) is 15.0. The molecule has 0 aromatic heterocycles. The Morgan fingerprint density at radius 3 is 2.10 bits per heavy atom. The third kappa shape index (κ3) is 2.85. The van der Waals surface area contributed by atoms with Gasteiger partial charge in [0, 0.05) is 5.41 Å². The molecule has 2 heteroatoms. The summed E-state index contributed by atoms with van der Waals surface area (Å²) in [6.45, 7) is 17.6. The van der Waals surface area contributed by atoms with Crippen molar-refractivity contribution in [2.45, 2.75) is 79.8 Å². The zero-order valence-corrected chi connectivity index (χ0v) is 15.0. The first-order chi connectivity index (χ1) is 9.49. The summed E-state index contributed by atoms with van der Waals surface area (Å²) in [7, 11) is 0. The Labute approximate surface area is 130 Å². The first kappa shape index (κ1) is 16.8. The van der Waals surface area contributed by atoms with Gasteiger partial charge in [-0.1, -0.05) is 51.5 Å². The second-order valence-electron chi connectivity index (χ2n) is 8.12. The lowest BCUT2D eigenvalue weighted by Gasteiger charge is -2.38. The molecular weight excluding hydrogens is 260 g/mol. The quantitative estimate of drug-likeness (QED) is 0.674. The highest BCUT2D eigenvalue weighted by Gasteiger charge is 2.50. The van der Waals surface area contributed by atoms with E-state index in [9.17, 15) is 0 Å². The van der Waals surface area contributed by atoms with Gasteiger partial charge < -0.3 is 9.47 Å². The SMILES string of the molecule is CC1=CC[C@H](/C=C/C(C)(C)C2(C)O[C@H](C)[C@@H](C)O2)C1(C)C. The molecule has 1 aliphatic carbocycles. The van der Waals surface area contributed by atoms with Gasteiger partial charge >= 0.3 is 0 Å². The number of allylic oxidation sites excluding steroid dienone is 3. The maximum atomic E-state index is 6.13. The molecule has 2 aliphatic rings. The highest BCUT2D eigenvalue weighted by molar-refractivity contribution is 5.23. The van der Waals surface area contributed by atoms with E-state index in [1.54, 1.807) is 0 Å². The van der Waals surface area contributed by atoms with Crippen LogP contribution in [-0.2, 0) is 9.47 Å². The molecule has 1 aliphatic heterocycles. The van der Waals surface area contributed by atoms with Crippen molar-refractivity contribution >= 4 is 0 Å². The molecule has 1 saturated heterocycles. The van der Waals surface area contributed by atoms with Crippen LogP contribution >= 0.6 is 0 Å². The fourth-order valence-electron chi connectivity index (χ4n) is 3.21. The summed E-state index contributed by atoms with van der Waals surface area (Å²) < 4.78 is 12.3. The van der Waals surface area contributed by atoms with Crippen LogP contribution in [0, 0.1) is 16.7 Å². The summed E-state index contributed by atoms with van der Waals surface area (Å²) in [4.78, 5) is 0. The fraction of sp³-hybridized carbons (Fsp3) is 0.789. The van der Waals surface area contributed by atoms with Gasteiger partial charge in [0.05, 0.1) is 12.2 Å². The fourth-order valence-corrected chi connectivity index (χ4v) is 3.21. The molecule has 120 valence electrons. The molecule has 1 heterocycles. The molecular formula is C19H32O2. The van der Waals surface area contributed by atoms with Crippen molar-refractivity contribution in [1.82, 2.24) is 0 Å². The first-order valence-corrected chi connectivity index (χ1v) is 8.22. The van der Waals surface area contributed by atoms with Crippen molar-refractivity contribution in [2.24, 2.45) is 16.7 Å². The Morgan fingerprint density at radius 1 is 1.14 bits per heavy atom. The van der Waals surface area contributed by atoms with Crippen LogP contribution in [0.2, 0.25) is 0 Å². The number of hydrogen-bond donors (Lipinski definition) is 0. The third-order valence-electron chi connectivity index (χ3n) is 6.02. The minimum absolute atomic E-state index is 0.148. The topological polar surface area (TPSA) is 18.5 Å². The standard InChI is InChI=1S/C19H32O2/c1-13-9-10-16(18(13,6)7)11-12-17(4,5)19(8)20-14(2)15(3)21-19/h9,11-12,14-16H,10H2,1-8H3/b12-11+/t14-,15-,16-/m1/s1. The van der Waals surface area contributed by atoms with E-state index in [1.807, 2.05) is 0 Å². The van der Waals surface area contributed by atoms with Crippen LogP contribution in [0.5, 0.6) is 0 Å². The third-order valence-corrected chi connectivity index (χ3v) is 6.02. The highest BCUT2D eigenvalue weighted by Crippen LogP contribution is 2.47. The lowest BCUT2D eigenvalue weighted by atomic mass is 9.75. The normalized spacial score (nSPS) is 35.4. The first-order valence-electron chi connectivity index (χ1n) is 8.22. The lowest BCUT2D eigenvalue weighted by Crippen LogP contribution is -2.42. The van der Waals surface area contributed by atoms with Gasteiger partial charge in [0.15, 0.2) is 5.79 Å². The van der Waals surface area contributed by atoms with Crippen molar-refractivity contribution in [3.8, 4) is 0 Å². The van der Waals surface area contributed by atoms with Crippen molar-refractivity contribution < 1.29 is 9.47 Å². The maximum Gasteiger partial charge on any atom is 0.174 e. The molecule has 0 amide bonds. The Morgan fingerprint density at radius 2 is 1.67 bits per heavy atom. The van der Waals surface area contributed by atoms with Gasteiger partial charge in [0.2, 0.25) is 0 Å². The minimum Gasteiger partial charge on any atom is -0.344 e. The molecule has 0 aromatic carbocycles. The van der Waals surface area contributed by atoms with Crippen molar-refractivity contribution in [3.05, 3.63) is 23.8 Å². The summed E-state index contributed by atoms with van der Waals surface area (Å²) in [5.74, 6) is 0.0183. The molecule has 0 N–H and O–H groups in total. The molecule has 0 spiro atoms. The minimum atomic E-state index is -0.548. The van der Waals surface area contributed by atoms with Crippen LogP contribution in [0.25, 0.3) is 0 Å². The molecule has 0 bridgehead atoms. The van der Waals surface area contributed by atoms with Crippen molar-refractivity contribution in [3.63, 3.8) is 0 Å². The van der Waals surface area contributed by atoms with Crippen LogP contribution in [0.15, 0.2) is 23.8 Å². The van der Waals surface area contributed by atoms with Gasteiger partial charge in [0.1, 0.15) is 0 Å². The lowest BCUT2D eigenvalue weighted by molar-refractivity contribution is -0.212. The van der Waals surface area contributed by atoms with Crippen LogP contribution < -0.4 is 0 Å². The van der Waals surface area contributed by atoms with E-state index < -0.39 is 5.79 Å². The van der Waals surface area contributed by atoms with E-state index in [1.165, 1.54) is 5.57 Å². The largest absolute Gasteiger partial charge is 0.344 e. The average molecular weight is 292 g/mol. The Hall–Kier alpha value is -0.600. The second kappa shape index (κ2) is 5.24. The van der Waals surface area contributed by atoms with Gasteiger partial charge in [-0.15, -0.1) is 0 Å². The Kier molecular flexibility index (Phi) is 4.18. The van der Waals surface area contributed by atoms with Gasteiger partial charge in [-0.05, 0) is 45.4 Å². The summed E-state index contributed by atoms with van der Waals surface area (Å²) in [5.41, 5.74) is 1.60. The molecule has 0 radical (unpaired) electrons.